The van der Waals surface area contributed by atoms with E-state index in [0.29, 0.717) is 22.7 Å². The fourth-order valence-corrected chi connectivity index (χ4v) is 1.06. The van der Waals surface area contributed by atoms with Gasteiger partial charge < -0.3 is 10.5 Å². The van der Waals surface area contributed by atoms with Gasteiger partial charge >= 0.3 is 0 Å². The van der Waals surface area contributed by atoms with E-state index in [1.54, 1.807) is 12.3 Å². The first kappa shape index (κ1) is 7.68. The molecule has 1 heterocycles. The summed E-state index contributed by atoms with van der Waals surface area (Å²) in [6.45, 7) is 0. The van der Waals surface area contributed by atoms with Crippen LogP contribution in [-0.4, -0.2) is 11.1 Å². The van der Waals surface area contributed by atoms with Crippen LogP contribution in [0.5, 0.6) is 5.75 Å². The molecule has 1 aliphatic rings. The van der Waals surface area contributed by atoms with Crippen molar-refractivity contribution in [1.29, 1.82) is 0 Å². The van der Waals surface area contributed by atoms with Gasteiger partial charge in [-0.15, -0.1) is 0 Å². The predicted octanol–water partition coefficient (Wildman–Crippen LogP) is 1.86. The third-order valence-electron chi connectivity index (χ3n) is 1.68. The van der Waals surface area contributed by atoms with Crippen LogP contribution in [-0.2, 0) is 0 Å². The average molecular weight is 185 g/mol. The molecule has 0 unspecified atom stereocenters. The first-order chi connectivity index (χ1) is 5.75. The standard InChI is InChI=1S/C8H9ClN2O/c9-8-3-6(10)7(4-11-8)12-5-1-2-5/h3-5H,1-2H2,(H2,10,11). The average Bonchev–Trinajstić information content (AvgIpc) is 2.79. The number of hydrogen-bond donors (Lipinski definition) is 1. The molecule has 0 saturated heterocycles. The van der Waals surface area contributed by atoms with Crippen molar-refractivity contribution in [2.45, 2.75) is 18.9 Å². The Morgan fingerprint density at radius 3 is 2.92 bits per heavy atom. The van der Waals surface area contributed by atoms with E-state index in [0.717, 1.165) is 12.8 Å². The van der Waals surface area contributed by atoms with Crippen LogP contribution in [0.2, 0.25) is 5.15 Å². The van der Waals surface area contributed by atoms with Gasteiger partial charge in [0.15, 0.2) is 5.75 Å². The number of pyridine rings is 1. The monoisotopic (exact) mass is 184 g/mol. The second-order valence-electron chi connectivity index (χ2n) is 2.86. The lowest BCUT2D eigenvalue weighted by Crippen LogP contribution is -2.00. The molecule has 1 saturated carbocycles. The van der Waals surface area contributed by atoms with Crippen LogP contribution in [0.1, 0.15) is 12.8 Å². The summed E-state index contributed by atoms with van der Waals surface area (Å²) in [7, 11) is 0. The number of nitrogen functional groups attached to an aromatic ring is 1. The van der Waals surface area contributed by atoms with E-state index in [1.165, 1.54) is 0 Å². The fourth-order valence-electron chi connectivity index (χ4n) is 0.895. The Kier molecular flexibility index (Phi) is 1.81. The van der Waals surface area contributed by atoms with Gasteiger partial charge in [0.25, 0.3) is 0 Å². The molecule has 1 aromatic heterocycles. The summed E-state index contributed by atoms with van der Waals surface area (Å²) in [5.41, 5.74) is 6.21. The molecule has 0 spiro atoms. The van der Waals surface area contributed by atoms with E-state index >= 15 is 0 Å². The van der Waals surface area contributed by atoms with Crippen molar-refractivity contribution in [2.24, 2.45) is 0 Å². The fraction of sp³-hybridized carbons (Fsp3) is 0.375. The zero-order chi connectivity index (χ0) is 8.55. The van der Waals surface area contributed by atoms with Crippen molar-refractivity contribution in [3.8, 4) is 5.75 Å². The number of hydrogen-bond acceptors (Lipinski definition) is 3. The minimum atomic E-state index is 0.343. The highest BCUT2D eigenvalue weighted by Gasteiger charge is 2.24. The topological polar surface area (TPSA) is 48.1 Å². The van der Waals surface area contributed by atoms with Crippen molar-refractivity contribution < 1.29 is 4.74 Å². The lowest BCUT2D eigenvalue weighted by Gasteiger charge is -2.06. The highest BCUT2D eigenvalue weighted by Crippen LogP contribution is 2.30. The van der Waals surface area contributed by atoms with E-state index < -0.39 is 0 Å². The van der Waals surface area contributed by atoms with Crippen LogP contribution < -0.4 is 10.5 Å². The van der Waals surface area contributed by atoms with Crippen LogP contribution in [0.25, 0.3) is 0 Å². The molecule has 64 valence electrons. The number of nitrogens with zero attached hydrogens (tertiary/aromatic N) is 1. The van der Waals surface area contributed by atoms with E-state index in [1.807, 2.05) is 0 Å². The highest BCUT2D eigenvalue weighted by molar-refractivity contribution is 6.29. The number of nitrogens with two attached hydrogens (primary N) is 1. The van der Waals surface area contributed by atoms with Crippen LogP contribution in [0, 0.1) is 0 Å². The Hall–Kier alpha value is -0.960. The molecule has 2 N–H and O–H groups in total. The largest absolute Gasteiger partial charge is 0.487 e. The maximum absolute atomic E-state index is 5.65. The maximum Gasteiger partial charge on any atom is 0.160 e. The van der Waals surface area contributed by atoms with Crippen molar-refractivity contribution in [3.63, 3.8) is 0 Å². The number of rotatable bonds is 2. The van der Waals surface area contributed by atoms with Gasteiger partial charge in [-0.2, -0.15) is 0 Å². The predicted molar refractivity (Wildman–Crippen MR) is 47.3 cm³/mol. The molecule has 3 nitrogen and oxygen atoms in total. The summed E-state index contributed by atoms with van der Waals surface area (Å²) in [4.78, 5) is 3.88. The van der Waals surface area contributed by atoms with Crippen LogP contribution in [0.3, 0.4) is 0 Å². The summed E-state index contributed by atoms with van der Waals surface area (Å²) < 4.78 is 5.46. The van der Waals surface area contributed by atoms with Crippen molar-refractivity contribution >= 4 is 17.3 Å². The molecule has 2 rings (SSSR count). The van der Waals surface area contributed by atoms with E-state index in [2.05, 4.69) is 4.98 Å². The SMILES string of the molecule is Nc1cc(Cl)ncc1OC1CC1. The molecular weight excluding hydrogens is 176 g/mol. The van der Waals surface area contributed by atoms with Crippen LogP contribution >= 0.6 is 11.6 Å². The molecule has 0 radical (unpaired) electrons. The van der Waals surface area contributed by atoms with Gasteiger partial charge in [-0.05, 0) is 12.8 Å². The van der Waals surface area contributed by atoms with Gasteiger partial charge in [-0.1, -0.05) is 11.6 Å². The number of halogens is 1. The molecule has 12 heavy (non-hydrogen) atoms. The second-order valence-corrected chi connectivity index (χ2v) is 3.25. The van der Waals surface area contributed by atoms with Gasteiger partial charge in [-0.3, -0.25) is 0 Å². The Morgan fingerprint density at radius 1 is 1.58 bits per heavy atom. The lowest BCUT2D eigenvalue weighted by atomic mass is 10.4. The first-order valence-electron chi connectivity index (χ1n) is 3.83. The third kappa shape index (κ3) is 1.61. The molecule has 0 atom stereocenters. The van der Waals surface area contributed by atoms with Crippen molar-refractivity contribution in [3.05, 3.63) is 17.4 Å². The first-order valence-corrected chi connectivity index (χ1v) is 4.21. The van der Waals surface area contributed by atoms with E-state index in [9.17, 15) is 0 Å². The number of aromatic nitrogens is 1. The van der Waals surface area contributed by atoms with Crippen LogP contribution in [0.4, 0.5) is 5.69 Å². The summed E-state index contributed by atoms with van der Waals surface area (Å²) in [6.07, 6.45) is 4.13. The molecule has 0 aromatic carbocycles. The normalized spacial score (nSPS) is 16.1. The minimum absolute atomic E-state index is 0.343. The molecule has 4 heteroatoms. The Labute approximate surface area is 75.5 Å². The lowest BCUT2D eigenvalue weighted by molar-refractivity contribution is 0.304. The Bertz CT molecular complexity index is 299. The van der Waals surface area contributed by atoms with Gasteiger partial charge in [0.05, 0.1) is 18.0 Å². The Morgan fingerprint density at radius 2 is 2.33 bits per heavy atom. The molecule has 1 aliphatic carbocycles. The number of ether oxygens (including phenoxy) is 1. The van der Waals surface area contributed by atoms with Gasteiger partial charge in [0.1, 0.15) is 5.15 Å². The highest BCUT2D eigenvalue weighted by atomic mass is 35.5. The third-order valence-corrected chi connectivity index (χ3v) is 1.89. The maximum atomic E-state index is 5.65. The van der Waals surface area contributed by atoms with E-state index in [4.69, 9.17) is 22.1 Å². The molecule has 0 bridgehead atoms. The molecule has 0 aliphatic heterocycles. The van der Waals surface area contributed by atoms with Gasteiger partial charge in [-0.25, -0.2) is 4.98 Å². The molecular formula is C8H9ClN2O. The zero-order valence-electron chi connectivity index (χ0n) is 6.46. The van der Waals surface area contributed by atoms with E-state index in [-0.39, 0.29) is 0 Å². The summed E-state index contributed by atoms with van der Waals surface area (Å²) >= 11 is 5.62. The molecule has 0 amide bonds. The summed E-state index contributed by atoms with van der Waals surface area (Å²) in [5, 5.41) is 0.399. The summed E-state index contributed by atoms with van der Waals surface area (Å²) in [6, 6.07) is 1.60. The Balaban J connectivity index is 2.18. The zero-order valence-corrected chi connectivity index (χ0v) is 7.21. The minimum Gasteiger partial charge on any atom is -0.487 e. The second kappa shape index (κ2) is 2.83. The van der Waals surface area contributed by atoms with Gasteiger partial charge in [0, 0.05) is 6.07 Å². The summed E-state index contributed by atoms with van der Waals surface area (Å²) in [5.74, 6) is 0.641. The van der Waals surface area contributed by atoms with Crippen LogP contribution in [0.15, 0.2) is 12.3 Å². The smallest absolute Gasteiger partial charge is 0.160 e. The quantitative estimate of drug-likeness (QED) is 0.714. The van der Waals surface area contributed by atoms with Gasteiger partial charge in [0.2, 0.25) is 0 Å². The van der Waals surface area contributed by atoms with Crippen molar-refractivity contribution in [2.75, 3.05) is 5.73 Å². The molecule has 1 aromatic rings. The number of anilines is 1. The molecule has 1 fully saturated rings. The van der Waals surface area contributed by atoms with Crippen molar-refractivity contribution in [1.82, 2.24) is 4.98 Å².